The Bertz CT molecular complexity index is 491. The Morgan fingerprint density at radius 1 is 1.59 bits per heavy atom. The SMILES string of the molecule is CCOC(=O)Cc1cc(C=O)cc(C#N)c1Br. The minimum absolute atomic E-state index is 0.0325. The van der Waals surface area contributed by atoms with E-state index in [9.17, 15) is 9.59 Å². The van der Waals surface area contributed by atoms with Crippen LogP contribution < -0.4 is 0 Å². The molecule has 0 aromatic heterocycles. The van der Waals surface area contributed by atoms with E-state index in [0.29, 0.717) is 34.1 Å². The first-order chi connectivity index (χ1) is 8.12. The molecule has 0 radical (unpaired) electrons. The van der Waals surface area contributed by atoms with Crippen LogP contribution in [0.3, 0.4) is 0 Å². The van der Waals surface area contributed by atoms with Crippen LogP contribution in [0.25, 0.3) is 0 Å². The number of hydrogen-bond donors (Lipinski definition) is 0. The van der Waals surface area contributed by atoms with Crippen LogP contribution in [0.2, 0.25) is 0 Å². The molecule has 1 rings (SSSR count). The van der Waals surface area contributed by atoms with Crippen molar-refractivity contribution in [2.45, 2.75) is 13.3 Å². The van der Waals surface area contributed by atoms with E-state index in [1.807, 2.05) is 6.07 Å². The van der Waals surface area contributed by atoms with Gasteiger partial charge in [-0.15, -0.1) is 0 Å². The minimum Gasteiger partial charge on any atom is -0.466 e. The van der Waals surface area contributed by atoms with Crippen molar-refractivity contribution in [2.75, 3.05) is 6.61 Å². The third-order valence-electron chi connectivity index (χ3n) is 2.07. The fourth-order valence-corrected chi connectivity index (χ4v) is 1.81. The second-order valence-corrected chi connectivity index (χ2v) is 4.05. The van der Waals surface area contributed by atoms with Crippen molar-refractivity contribution >= 4 is 28.2 Å². The van der Waals surface area contributed by atoms with Gasteiger partial charge in [-0.1, -0.05) is 0 Å². The normalized spacial score (nSPS) is 9.47. The first kappa shape index (κ1) is 13.4. The Morgan fingerprint density at radius 2 is 2.29 bits per heavy atom. The number of carbonyl (C=O) groups excluding carboxylic acids is 2. The van der Waals surface area contributed by atoms with Crippen LogP contribution in [-0.4, -0.2) is 18.9 Å². The van der Waals surface area contributed by atoms with E-state index < -0.39 is 0 Å². The Morgan fingerprint density at radius 3 is 2.82 bits per heavy atom. The average molecular weight is 296 g/mol. The van der Waals surface area contributed by atoms with E-state index in [1.165, 1.54) is 6.07 Å². The molecule has 0 N–H and O–H groups in total. The van der Waals surface area contributed by atoms with E-state index in [1.54, 1.807) is 13.0 Å². The summed E-state index contributed by atoms with van der Waals surface area (Å²) < 4.78 is 5.34. The third-order valence-corrected chi connectivity index (χ3v) is 3.00. The molecule has 1 aromatic rings. The van der Waals surface area contributed by atoms with Crippen molar-refractivity contribution < 1.29 is 14.3 Å². The standard InChI is InChI=1S/C12H10BrNO3/c1-2-17-11(16)5-9-3-8(7-15)4-10(6-14)12(9)13/h3-4,7H,2,5H2,1H3. The summed E-state index contributed by atoms with van der Waals surface area (Å²) >= 11 is 3.24. The van der Waals surface area contributed by atoms with Crippen LogP contribution in [0.5, 0.6) is 0 Å². The molecule has 0 atom stereocenters. The first-order valence-electron chi connectivity index (χ1n) is 4.95. The maximum Gasteiger partial charge on any atom is 0.310 e. The summed E-state index contributed by atoms with van der Waals surface area (Å²) in [7, 11) is 0. The monoisotopic (exact) mass is 295 g/mol. The zero-order valence-corrected chi connectivity index (χ0v) is 10.8. The average Bonchev–Trinajstić information content (AvgIpc) is 2.32. The van der Waals surface area contributed by atoms with Gasteiger partial charge in [0.05, 0.1) is 18.6 Å². The highest BCUT2D eigenvalue weighted by Crippen LogP contribution is 2.23. The molecule has 0 saturated heterocycles. The van der Waals surface area contributed by atoms with Crippen molar-refractivity contribution in [3.05, 3.63) is 33.3 Å². The van der Waals surface area contributed by atoms with Gasteiger partial charge in [0.15, 0.2) is 0 Å². The molecule has 0 heterocycles. The van der Waals surface area contributed by atoms with E-state index in [0.717, 1.165) is 0 Å². The second kappa shape index (κ2) is 6.16. The summed E-state index contributed by atoms with van der Waals surface area (Å²) in [6, 6.07) is 4.99. The van der Waals surface area contributed by atoms with Gasteiger partial charge in [0.2, 0.25) is 0 Å². The van der Waals surface area contributed by atoms with Crippen LogP contribution in [0.4, 0.5) is 0 Å². The molecular weight excluding hydrogens is 286 g/mol. The van der Waals surface area contributed by atoms with E-state index in [2.05, 4.69) is 15.9 Å². The molecule has 0 aliphatic carbocycles. The van der Waals surface area contributed by atoms with Gasteiger partial charge >= 0.3 is 5.97 Å². The largest absolute Gasteiger partial charge is 0.466 e. The van der Waals surface area contributed by atoms with Crippen LogP contribution in [0.1, 0.15) is 28.4 Å². The van der Waals surface area contributed by atoms with Crippen molar-refractivity contribution in [1.29, 1.82) is 5.26 Å². The molecule has 17 heavy (non-hydrogen) atoms. The summed E-state index contributed by atoms with van der Waals surface area (Å²) in [5, 5.41) is 8.89. The third kappa shape index (κ3) is 3.40. The number of rotatable bonds is 4. The number of carbonyl (C=O) groups is 2. The lowest BCUT2D eigenvalue weighted by Crippen LogP contribution is -2.08. The fourth-order valence-electron chi connectivity index (χ4n) is 1.35. The lowest BCUT2D eigenvalue weighted by molar-refractivity contribution is -0.142. The van der Waals surface area contributed by atoms with Crippen molar-refractivity contribution in [3.8, 4) is 6.07 Å². The molecular formula is C12H10BrNO3. The molecule has 0 aliphatic rings. The predicted molar refractivity (Wildman–Crippen MR) is 64.6 cm³/mol. The van der Waals surface area contributed by atoms with Crippen molar-refractivity contribution in [1.82, 2.24) is 0 Å². The van der Waals surface area contributed by atoms with E-state index >= 15 is 0 Å². The van der Waals surface area contributed by atoms with Gasteiger partial charge in [-0.3, -0.25) is 9.59 Å². The smallest absolute Gasteiger partial charge is 0.310 e. The quantitative estimate of drug-likeness (QED) is 0.631. The highest BCUT2D eigenvalue weighted by atomic mass is 79.9. The molecule has 4 nitrogen and oxygen atoms in total. The molecule has 0 amide bonds. The molecule has 0 fully saturated rings. The highest BCUT2D eigenvalue weighted by molar-refractivity contribution is 9.10. The van der Waals surface area contributed by atoms with Gasteiger partial charge in [0, 0.05) is 10.0 Å². The predicted octanol–water partition coefficient (Wildman–Crippen LogP) is 2.24. The summed E-state index contributed by atoms with van der Waals surface area (Å²) in [6.07, 6.45) is 0.673. The molecule has 88 valence electrons. The number of benzene rings is 1. The minimum atomic E-state index is -0.389. The van der Waals surface area contributed by atoms with Crippen LogP contribution in [-0.2, 0) is 16.0 Å². The van der Waals surface area contributed by atoms with Gasteiger partial charge in [-0.25, -0.2) is 0 Å². The second-order valence-electron chi connectivity index (χ2n) is 3.25. The Balaban J connectivity index is 3.10. The van der Waals surface area contributed by atoms with Gasteiger partial charge in [-0.2, -0.15) is 5.26 Å². The number of esters is 1. The van der Waals surface area contributed by atoms with Gasteiger partial charge < -0.3 is 4.74 Å². The van der Waals surface area contributed by atoms with E-state index in [4.69, 9.17) is 10.00 Å². The number of halogens is 1. The summed E-state index contributed by atoms with van der Waals surface area (Å²) in [5.74, 6) is -0.389. The van der Waals surface area contributed by atoms with Gasteiger partial charge in [-0.05, 0) is 40.5 Å². The maximum atomic E-state index is 11.3. The van der Waals surface area contributed by atoms with Crippen LogP contribution >= 0.6 is 15.9 Å². The summed E-state index contributed by atoms with van der Waals surface area (Å²) in [4.78, 5) is 22.1. The molecule has 1 aromatic carbocycles. The Kier molecular flexibility index (Phi) is 4.85. The summed E-state index contributed by atoms with van der Waals surface area (Å²) in [5.41, 5.74) is 1.27. The molecule has 0 spiro atoms. The number of hydrogen-bond acceptors (Lipinski definition) is 4. The number of nitrogens with zero attached hydrogens (tertiary/aromatic N) is 1. The van der Waals surface area contributed by atoms with Crippen molar-refractivity contribution in [3.63, 3.8) is 0 Å². The molecule has 0 unspecified atom stereocenters. The molecule has 0 aliphatic heterocycles. The number of aldehydes is 1. The highest BCUT2D eigenvalue weighted by Gasteiger charge is 2.12. The Labute approximate surface area is 107 Å². The molecule has 0 saturated carbocycles. The van der Waals surface area contributed by atoms with Gasteiger partial charge in [0.25, 0.3) is 0 Å². The summed E-state index contributed by atoms with van der Waals surface area (Å²) in [6.45, 7) is 2.02. The van der Waals surface area contributed by atoms with Crippen molar-refractivity contribution in [2.24, 2.45) is 0 Å². The Hall–Kier alpha value is -1.67. The van der Waals surface area contributed by atoms with Gasteiger partial charge in [0.1, 0.15) is 12.4 Å². The topological polar surface area (TPSA) is 67.2 Å². The van der Waals surface area contributed by atoms with E-state index in [-0.39, 0.29) is 12.4 Å². The molecule has 5 heteroatoms. The van der Waals surface area contributed by atoms with Crippen LogP contribution in [0.15, 0.2) is 16.6 Å². The zero-order valence-electron chi connectivity index (χ0n) is 9.20. The number of ether oxygens (including phenoxy) is 1. The lowest BCUT2D eigenvalue weighted by atomic mass is 10.0. The lowest BCUT2D eigenvalue weighted by Gasteiger charge is -2.07. The first-order valence-corrected chi connectivity index (χ1v) is 5.75. The zero-order chi connectivity index (χ0) is 12.8. The fraction of sp³-hybridized carbons (Fsp3) is 0.250. The van der Waals surface area contributed by atoms with Crippen LogP contribution in [0, 0.1) is 11.3 Å². The number of nitriles is 1. The maximum absolute atomic E-state index is 11.3. The molecule has 0 bridgehead atoms.